The Labute approximate surface area is 187 Å². The van der Waals surface area contributed by atoms with Gasteiger partial charge < -0.3 is 10.0 Å². The molecular weight excluding hydrogens is 434 g/mol. The molecule has 0 radical (unpaired) electrons. The van der Waals surface area contributed by atoms with Crippen molar-refractivity contribution in [1.29, 1.82) is 0 Å². The van der Waals surface area contributed by atoms with Crippen molar-refractivity contribution >= 4 is 34.7 Å². The Morgan fingerprint density at radius 2 is 1.75 bits per heavy atom. The number of non-ortho nitro benzene ring substituents is 1. The van der Waals surface area contributed by atoms with Gasteiger partial charge in [-0.1, -0.05) is 29.5 Å². The van der Waals surface area contributed by atoms with E-state index in [2.05, 4.69) is 4.98 Å². The summed E-state index contributed by atoms with van der Waals surface area (Å²) in [6.07, 6.45) is 3.39. The minimum atomic E-state index is -0.987. The van der Waals surface area contributed by atoms with E-state index >= 15 is 0 Å². The second-order valence-electron chi connectivity index (χ2n) is 7.17. The number of Topliss-reactive ketones (excluding diaryl/α,β-unsaturated/α-hetero) is 1. The molecule has 160 valence electrons. The lowest BCUT2D eigenvalue weighted by Gasteiger charge is -2.27. The fourth-order valence-corrected chi connectivity index (χ4v) is 3.77. The minimum Gasteiger partial charge on any atom is -0.872 e. The third-order valence-corrected chi connectivity index (χ3v) is 5.43. The predicted molar refractivity (Wildman–Crippen MR) is 113 cm³/mol. The molecule has 2 aromatic carbocycles. The molecule has 2 heterocycles. The highest BCUT2D eigenvalue weighted by Crippen LogP contribution is 2.40. The molecule has 1 fully saturated rings. The van der Waals surface area contributed by atoms with Crippen LogP contribution in [0.5, 0.6) is 0 Å². The van der Waals surface area contributed by atoms with Gasteiger partial charge >= 0.3 is 0 Å². The third-order valence-electron chi connectivity index (χ3n) is 5.18. The lowest BCUT2D eigenvalue weighted by atomic mass is 9.95. The number of carbonyl (C=O) groups is 2. The Morgan fingerprint density at radius 1 is 1.06 bits per heavy atom. The number of benzene rings is 2. The number of pyridine rings is 1. The number of rotatable bonds is 5. The van der Waals surface area contributed by atoms with Crippen LogP contribution in [0.1, 0.15) is 22.7 Å². The molecule has 1 atom stereocenters. The van der Waals surface area contributed by atoms with Gasteiger partial charge in [-0.2, -0.15) is 0 Å². The van der Waals surface area contributed by atoms with Gasteiger partial charge in [0.1, 0.15) is 0 Å². The average molecular weight is 450 g/mol. The number of nitro benzene ring substituents is 1. The van der Waals surface area contributed by atoms with E-state index in [1.807, 2.05) is 0 Å². The Balaban J connectivity index is 1.85. The standard InChI is InChI=1S/C23H16ClN3O5/c24-17-7-3-16(4-8-17)21(28)19-20(15-5-9-18(10-6-15)27(31)32)26(23(30)22(19)29)13-14-2-1-11-25-12-14/h1-12,20,28H,13H2. The van der Waals surface area contributed by atoms with Crippen molar-refractivity contribution in [1.82, 2.24) is 4.90 Å². The first kappa shape index (κ1) is 21.2. The van der Waals surface area contributed by atoms with Crippen LogP contribution in [-0.2, 0) is 16.1 Å². The summed E-state index contributed by atoms with van der Waals surface area (Å²) in [4.78, 5) is 40.6. The average Bonchev–Trinajstić information content (AvgIpc) is 3.05. The number of nitrogens with zero attached hydrogens (tertiary/aromatic N) is 2. The molecule has 1 amide bonds. The molecule has 9 heteroatoms. The zero-order valence-electron chi connectivity index (χ0n) is 16.5. The quantitative estimate of drug-likeness (QED) is 0.195. The number of aromatic amines is 1. The van der Waals surface area contributed by atoms with Gasteiger partial charge in [0.05, 0.1) is 17.5 Å². The first-order valence-corrected chi connectivity index (χ1v) is 9.96. The molecule has 32 heavy (non-hydrogen) atoms. The van der Waals surface area contributed by atoms with E-state index in [0.29, 0.717) is 10.6 Å². The fraction of sp³-hybridized carbons (Fsp3) is 0.0870. The van der Waals surface area contributed by atoms with E-state index < -0.39 is 28.4 Å². The van der Waals surface area contributed by atoms with Crippen molar-refractivity contribution < 1.29 is 24.6 Å². The van der Waals surface area contributed by atoms with Crippen LogP contribution in [-0.4, -0.2) is 21.5 Å². The summed E-state index contributed by atoms with van der Waals surface area (Å²) in [6, 6.07) is 14.0. The van der Waals surface area contributed by atoms with Crippen LogP contribution < -0.4 is 10.1 Å². The zero-order valence-corrected chi connectivity index (χ0v) is 17.3. The summed E-state index contributed by atoms with van der Waals surface area (Å²) in [5.74, 6) is -2.30. The molecule has 0 aliphatic carbocycles. The Morgan fingerprint density at radius 3 is 2.34 bits per heavy atom. The Kier molecular flexibility index (Phi) is 5.70. The molecule has 3 aromatic rings. The number of nitro groups is 1. The smallest absolute Gasteiger partial charge is 0.295 e. The predicted octanol–water partition coefficient (Wildman–Crippen LogP) is 2.49. The molecule has 8 nitrogen and oxygen atoms in total. The maximum atomic E-state index is 13.3. The third kappa shape index (κ3) is 3.95. The monoisotopic (exact) mass is 449 g/mol. The first-order valence-electron chi connectivity index (χ1n) is 9.58. The molecule has 1 N–H and O–H groups in total. The number of likely N-dealkylation sites (tertiary alicyclic amines) is 1. The van der Waals surface area contributed by atoms with Crippen LogP contribution in [0.25, 0.3) is 5.76 Å². The highest BCUT2D eigenvalue weighted by atomic mass is 35.5. The molecule has 1 aliphatic rings. The van der Waals surface area contributed by atoms with Crippen molar-refractivity contribution in [2.75, 3.05) is 0 Å². The van der Waals surface area contributed by atoms with E-state index in [-0.39, 0.29) is 23.4 Å². The molecule has 0 spiro atoms. The van der Waals surface area contributed by atoms with Crippen molar-refractivity contribution in [3.05, 3.63) is 110 Å². The second-order valence-corrected chi connectivity index (χ2v) is 7.61. The normalized spacial score (nSPS) is 17.5. The number of nitrogens with one attached hydrogen (secondary N) is 1. The number of halogens is 1. The molecule has 0 bridgehead atoms. The van der Waals surface area contributed by atoms with Crippen LogP contribution in [0.2, 0.25) is 5.02 Å². The minimum absolute atomic E-state index is 0.0704. The van der Waals surface area contributed by atoms with Gasteiger partial charge in [-0.25, -0.2) is 4.98 Å². The number of amides is 1. The topological polar surface area (TPSA) is 118 Å². The molecule has 0 saturated carbocycles. The largest absolute Gasteiger partial charge is 0.872 e. The van der Waals surface area contributed by atoms with E-state index in [1.165, 1.54) is 53.4 Å². The van der Waals surface area contributed by atoms with Crippen LogP contribution >= 0.6 is 11.6 Å². The molecular formula is C23H16ClN3O5. The fourth-order valence-electron chi connectivity index (χ4n) is 3.64. The van der Waals surface area contributed by atoms with Crippen LogP contribution in [0, 0.1) is 10.1 Å². The van der Waals surface area contributed by atoms with E-state index in [0.717, 1.165) is 5.56 Å². The van der Waals surface area contributed by atoms with Crippen molar-refractivity contribution in [3.8, 4) is 0 Å². The van der Waals surface area contributed by atoms with Gasteiger partial charge in [0.25, 0.3) is 11.6 Å². The van der Waals surface area contributed by atoms with Gasteiger partial charge in [-0.05, 0) is 41.5 Å². The molecule has 4 rings (SSSR count). The van der Waals surface area contributed by atoms with Crippen LogP contribution in [0.4, 0.5) is 5.69 Å². The first-order chi connectivity index (χ1) is 15.4. The number of hydrogen-bond donors (Lipinski definition) is 0. The maximum absolute atomic E-state index is 13.3. The summed E-state index contributed by atoms with van der Waals surface area (Å²) in [5.41, 5.74) is 1.02. The van der Waals surface area contributed by atoms with E-state index in [1.54, 1.807) is 24.5 Å². The van der Waals surface area contributed by atoms with E-state index in [9.17, 15) is 24.8 Å². The number of H-pyrrole nitrogens is 1. The number of carbonyl (C=O) groups excluding carboxylic acids is 2. The van der Waals surface area contributed by atoms with Gasteiger partial charge in [0.15, 0.2) is 12.4 Å². The van der Waals surface area contributed by atoms with Crippen molar-refractivity contribution in [3.63, 3.8) is 0 Å². The second kappa shape index (κ2) is 8.60. The molecule has 1 aromatic heterocycles. The van der Waals surface area contributed by atoms with Gasteiger partial charge in [0, 0.05) is 34.4 Å². The summed E-state index contributed by atoms with van der Waals surface area (Å²) < 4.78 is 0. The van der Waals surface area contributed by atoms with E-state index in [4.69, 9.17) is 11.6 Å². The highest BCUT2D eigenvalue weighted by molar-refractivity contribution is 6.46. The summed E-state index contributed by atoms with van der Waals surface area (Å²) in [6.45, 7) is 0.0704. The van der Waals surface area contributed by atoms with Gasteiger partial charge in [-0.15, -0.1) is 0 Å². The summed E-state index contributed by atoms with van der Waals surface area (Å²) >= 11 is 5.90. The lowest BCUT2D eigenvalue weighted by molar-refractivity contribution is -0.384. The van der Waals surface area contributed by atoms with Crippen molar-refractivity contribution in [2.45, 2.75) is 12.6 Å². The number of ketones is 1. The maximum Gasteiger partial charge on any atom is 0.295 e. The number of aromatic nitrogens is 1. The highest BCUT2D eigenvalue weighted by Gasteiger charge is 2.44. The van der Waals surface area contributed by atoms with Crippen molar-refractivity contribution in [2.24, 2.45) is 0 Å². The van der Waals surface area contributed by atoms with Crippen LogP contribution in [0.15, 0.2) is 78.6 Å². The SMILES string of the molecule is O=C1C(=O)N(Cc2ccc[nH+]c2)C(c2ccc([N+](=O)[O-])cc2)C1=C([O-])c1ccc(Cl)cc1. The Bertz CT molecular complexity index is 1220. The lowest BCUT2D eigenvalue weighted by Crippen LogP contribution is -2.29. The Hall–Kier alpha value is -4.04. The summed E-state index contributed by atoms with van der Waals surface area (Å²) in [7, 11) is 0. The molecule has 1 aliphatic heterocycles. The summed E-state index contributed by atoms with van der Waals surface area (Å²) in [5, 5.41) is 24.7. The number of hydrogen-bond acceptors (Lipinski definition) is 5. The molecule has 1 saturated heterocycles. The van der Waals surface area contributed by atoms with Crippen LogP contribution in [0.3, 0.4) is 0 Å². The zero-order chi connectivity index (χ0) is 22.8. The van der Waals surface area contributed by atoms with Gasteiger partial charge in [0.2, 0.25) is 5.78 Å². The molecule has 1 unspecified atom stereocenters. The van der Waals surface area contributed by atoms with Gasteiger partial charge in [-0.3, -0.25) is 19.7 Å².